The van der Waals surface area contributed by atoms with E-state index in [0.717, 1.165) is 9.79 Å². The smallest absolute Gasteiger partial charge is 0.354 e. The highest BCUT2D eigenvalue weighted by Gasteiger charge is 2.05. The second kappa shape index (κ2) is 4.81. The molecule has 2 rings (SSSR count). The molecule has 16 heavy (non-hydrogen) atoms. The molecule has 1 heterocycles. The number of hydrogen-bond acceptors (Lipinski definition) is 3. The number of carbonyl (C=O) groups is 1. The first-order valence-corrected chi connectivity index (χ1v) is 5.49. The van der Waals surface area contributed by atoms with Gasteiger partial charge in [0, 0.05) is 16.0 Å². The van der Waals surface area contributed by atoms with Crippen molar-refractivity contribution in [2.75, 3.05) is 0 Å². The van der Waals surface area contributed by atoms with Crippen LogP contribution < -0.4 is 0 Å². The fraction of sp³-hybridized carbons (Fsp3) is 0. The summed E-state index contributed by atoms with van der Waals surface area (Å²) in [4.78, 5) is 16.4. The summed E-state index contributed by atoms with van der Waals surface area (Å²) in [7, 11) is 0. The lowest BCUT2D eigenvalue weighted by Crippen LogP contribution is -1.99. The van der Waals surface area contributed by atoms with Gasteiger partial charge >= 0.3 is 5.97 Å². The van der Waals surface area contributed by atoms with Crippen LogP contribution in [0.25, 0.3) is 0 Å². The molecular formula is C12H9NO2S. The minimum atomic E-state index is -1.00. The number of aromatic nitrogens is 1. The first kappa shape index (κ1) is 10.7. The molecule has 0 fully saturated rings. The zero-order chi connectivity index (χ0) is 11.4. The van der Waals surface area contributed by atoms with Crippen LogP contribution in [0.1, 0.15) is 10.5 Å². The van der Waals surface area contributed by atoms with E-state index in [2.05, 4.69) is 4.98 Å². The molecule has 0 radical (unpaired) electrons. The molecule has 0 bridgehead atoms. The summed E-state index contributed by atoms with van der Waals surface area (Å²) in [6.45, 7) is 0. The van der Waals surface area contributed by atoms with Gasteiger partial charge in [-0.3, -0.25) is 0 Å². The zero-order valence-corrected chi connectivity index (χ0v) is 9.15. The Morgan fingerprint density at radius 3 is 2.56 bits per heavy atom. The molecule has 0 amide bonds. The molecule has 1 aromatic carbocycles. The van der Waals surface area contributed by atoms with Crippen LogP contribution in [0.5, 0.6) is 0 Å². The lowest BCUT2D eigenvalue weighted by atomic mass is 10.3. The minimum absolute atomic E-state index is 0.0703. The highest BCUT2D eigenvalue weighted by molar-refractivity contribution is 7.99. The van der Waals surface area contributed by atoms with E-state index in [0.29, 0.717) is 0 Å². The summed E-state index contributed by atoms with van der Waals surface area (Å²) in [5.41, 5.74) is 0.0703. The molecular weight excluding hydrogens is 222 g/mol. The second-order valence-corrected chi connectivity index (χ2v) is 4.24. The fourth-order valence-corrected chi connectivity index (χ4v) is 2.08. The molecule has 0 unspecified atom stereocenters. The number of rotatable bonds is 3. The van der Waals surface area contributed by atoms with Gasteiger partial charge in [-0.05, 0) is 24.3 Å². The van der Waals surface area contributed by atoms with Gasteiger partial charge in [-0.15, -0.1) is 0 Å². The molecule has 1 aromatic heterocycles. The standard InChI is InChI=1S/C12H9NO2S/c14-12(15)11-8-10(6-7-13-11)16-9-4-2-1-3-5-9/h1-8H,(H,14,15). The van der Waals surface area contributed by atoms with E-state index in [-0.39, 0.29) is 5.69 Å². The maximum absolute atomic E-state index is 10.7. The van der Waals surface area contributed by atoms with Crippen molar-refractivity contribution in [3.05, 3.63) is 54.4 Å². The Balaban J connectivity index is 2.22. The van der Waals surface area contributed by atoms with E-state index in [1.165, 1.54) is 18.0 Å². The van der Waals surface area contributed by atoms with Crippen LogP contribution in [0.2, 0.25) is 0 Å². The molecule has 80 valence electrons. The van der Waals surface area contributed by atoms with Gasteiger partial charge in [0.05, 0.1) is 0 Å². The molecule has 4 heteroatoms. The Bertz CT molecular complexity index is 499. The number of carboxylic acid groups (broad SMARTS) is 1. The Morgan fingerprint density at radius 1 is 1.12 bits per heavy atom. The summed E-state index contributed by atoms with van der Waals surface area (Å²) < 4.78 is 0. The third kappa shape index (κ3) is 2.61. The van der Waals surface area contributed by atoms with Gasteiger partial charge in [0.2, 0.25) is 0 Å². The number of pyridine rings is 1. The Labute approximate surface area is 97.2 Å². The van der Waals surface area contributed by atoms with E-state index in [1.54, 1.807) is 12.1 Å². The molecule has 2 aromatic rings. The van der Waals surface area contributed by atoms with Crippen molar-refractivity contribution in [3.8, 4) is 0 Å². The largest absolute Gasteiger partial charge is 0.477 e. The minimum Gasteiger partial charge on any atom is -0.477 e. The highest BCUT2D eigenvalue weighted by Crippen LogP contribution is 2.27. The number of hydrogen-bond donors (Lipinski definition) is 1. The van der Waals surface area contributed by atoms with Crippen molar-refractivity contribution in [3.63, 3.8) is 0 Å². The van der Waals surface area contributed by atoms with Gasteiger partial charge < -0.3 is 5.11 Å². The third-order valence-corrected chi connectivity index (χ3v) is 2.93. The lowest BCUT2D eigenvalue weighted by Gasteiger charge is -2.01. The second-order valence-electron chi connectivity index (χ2n) is 3.10. The van der Waals surface area contributed by atoms with E-state index >= 15 is 0 Å². The maximum Gasteiger partial charge on any atom is 0.354 e. The van der Waals surface area contributed by atoms with Crippen molar-refractivity contribution in [1.29, 1.82) is 0 Å². The predicted molar refractivity (Wildman–Crippen MR) is 61.8 cm³/mol. The molecule has 0 aliphatic carbocycles. The molecule has 0 atom stereocenters. The van der Waals surface area contributed by atoms with E-state index in [4.69, 9.17) is 5.11 Å². The summed E-state index contributed by atoms with van der Waals surface area (Å²) in [5, 5.41) is 8.80. The van der Waals surface area contributed by atoms with E-state index < -0.39 is 5.97 Å². The first-order valence-electron chi connectivity index (χ1n) is 4.68. The summed E-state index contributed by atoms with van der Waals surface area (Å²) in [6.07, 6.45) is 1.51. The molecule has 0 saturated carbocycles. The number of carboxylic acids is 1. The van der Waals surface area contributed by atoms with Crippen molar-refractivity contribution >= 4 is 17.7 Å². The number of benzene rings is 1. The van der Waals surface area contributed by atoms with Crippen molar-refractivity contribution in [2.24, 2.45) is 0 Å². The monoisotopic (exact) mass is 231 g/mol. The van der Waals surface area contributed by atoms with Gasteiger partial charge in [-0.25, -0.2) is 9.78 Å². The summed E-state index contributed by atoms with van der Waals surface area (Å²) >= 11 is 1.52. The van der Waals surface area contributed by atoms with Crippen LogP contribution in [0.4, 0.5) is 0 Å². The normalized spacial score (nSPS) is 10.0. The average Bonchev–Trinajstić information content (AvgIpc) is 2.30. The lowest BCUT2D eigenvalue weighted by molar-refractivity contribution is 0.0690. The van der Waals surface area contributed by atoms with Crippen LogP contribution in [-0.4, -0.2) is 16.1 Å². The Morgan fingerprint density at radius 2 is 1.88 bits per heavy atom. The number of nitrogens with zero attached hydrogens (tertiary/aromatic N) is 1. The van der Waals surface area contributed by atoms with Crippen LogP contribution >= 0.6 is 11.8 Å². The summed E-state index contributed by atoms with van der Waals surface area (Å²) in [6, 6.07) is 13.2. The van der Waals surface area contributed by atoms with E-state index in [9.17, 15) is 4.79 Å². The van der Waals surface area contributed by atoms with Crippen molar-refractivity contribution in [1.82, 2.24) is 4.98 Å². The fourth-order valence-electron chi connectivity index (χ4n) is 1.22. The molecule has 0 saturated heterocycles. The van der Waals surface area contributed by atoms with Gasteiger partial charge in [0.1, 0.15) is 5.69 Å². The highest BCUT2D eigenvalue weighted by atomic mass is 32.2. The van der Waals surface area contributed by atoms with Crippen molar-refractivity contribution < 1.29 is 9.90 Å². The molecule has 0 aliphatic heterocycles. The molecule has 3 nitrogen and oxygen atoms in total. The van der Waals surface area contributed by atoms with Crippen LogP contribution in [-0.2, 0) is 0 Å². The van der Waals surface area contributed by atoms with Crippen LogP contribution in [0.15, 0.2) is 58.5 Å². The first-order chi connectivity index (χ1) is 7.75. The van der Waals surface area contributed by atoms with E-state index in [1.807, 2.05) is 30.3 Å². The van der Waals surface area contributed by atoms with Gasteiger partial charge in [-0.2, -0.15) is 0 Å². The SMILES string of the molecule is O=C(O)c1cc(Sc2ccccc2)ccn1. The molecule has 0 aliphatic rings. The number of aromatic carboxylic acids is 1. The van der Waals surface area contributed by atoms with Gasteiger partial charge in [-0.1, -0.05) is 30.0 Å². The molecule has 0 spiro atoms. The van der Waals surface area contributed by atoms with Crippen LogP contribution in [0, 0.1) is 0 Å². The molecule has 1 N–H and O–H groups in total. The van der Waals surface area contributed by atoms with Crippen molar-refractivity contribution in [2.45, 2.75) is 9.79 Å². The Hall–Kier alpha value is -1.81. The topological polar surface area (TPSA) is 50.2 Å². The average molecular weight is 231 g/mol. The third-order valence-electron chi connectivity index (χ3n) is 1.93. The quantitative estimate of drug-likeness (QED) is 0.882. The predicted octanol–water partition coefficient (Wildman–Crippen LogP) is 2.93. The Kier molecular flexibility index (Phi) is 3.22. The summed E-state index contributed by atoms with van der Waals surface area (Å²) in [5.74, 6) is -1.00. The maximum atomic E-state index is 10.7. The van der Waals surface area contributed by atoms with Gasteiger partial charge in [0.15, 0.2) is 0 Å². The van der Waals surface area contributed by atoms with Gasteiger partial charge in [0.25, 0.3) is 0 Å². The van der Waals surface area contributed by atoms with Crippen LogP contribution in [0.3, 0.4) is 0 Å². The zero-order valence-electron chi connectivity index (χ0n) is 8.33.